The van der Waals surface area contributed by atoms with Crippen LogP contribution in [0, 0.1) is 0 Å². The lowest BCUT2D eigenvalue weighted by atomic mass is 10.1. The van der Waals surface area contributed by atoms with Crippen LogP contribution in [0.25, 0.3) is 0 Å². The van der Waals surface area contributed by atoms with E-state index < -0.39 is 0 Å². The van der Waals surface area contributed by atoms with Crippen LogP contribution >= 0.6 is 0 Å². The minimum Gasteiger partial charge on any atom is -0.342 e. The summed E-state index contributed by atoms with van der Waals surface area (Å²) in [5, 5.41) is 6.59. The lowest BCUT2D eigenvalue weighted by molar-refractivity contribution is -0.134. The molecule has 3 unspecified atom stereocenters. The van der Waals surface area contributed by atoms with Crippen LogP contribution < -0.4 is 10.6 Å². The van der Waals surface area contributed by atoms with Gasteiger partial charge in [0, 0.05) is 32.2 Å². The predicted molar refractivity (Wildman–Crippen MR) is 61.8 cm³/mol. The third-order valence-electron chi connectivity index (χ3n) is 3.24. The molecule has 1 aliphatic heterocycles. The molecule has 0 saturated carbocycles. The summed E-state index contributed by atoms with van der Waals surface area (Å²) in [7, 11) is 1.89. The zero-order valence-electron chi connectivity index (χ0n) is 10.2. The molecule has 88 valence electrons. The summed E-state index contributed by atoms with van der Waals surface area (Å²) in [4.78, 5) is 13.9. The highest BCUT2D eigenvalue weighted by atomic mass is 16.2. The molecule has 0 spiro atoms. The van der Waals surface area contributed by atoms with Crippen molar-refractivity contribution in [3.8, 4) is 0 Å². The van der Waals surface area contributed by atoms with Gasteiger partial charge >= 0.3 is 0 Å². The Morgan fingerprint density at radius 1 is 1.47 bits per heavy atom. The van der Waals surface area contributed by atoms with Crippen molar-refractivity contribution in [3.05, 3.63) is 0 Å². The lowest BCUT2D eigenvalue weighted by Crippen LogP contribution is -2.59. The van der Waals surface area contributed by atoms with Gasteiger partial charge in [-0.05, 0) is 20.3 Å². The van der Waals surface area contributed by atoms with Crippen molar-refractivity contribution in [2.45, 2.75) is 45.3 Å². The number of rotatable bonds is 3. The summed E-state index contributed by atoms with van der Waals surface area (Å²) in [6.07, 6.45) is 0.999. The molecule has 1 fully saturated rings. The molecular formula is C11H23N3O. The molecular weight excluding hydrogens is 190 g/mol. The van der Waals surface area contributed by atoms with E-state index in [1.807, 2.05) is 11.9 Å². The maximum Gasteiger partial charge on any atom is 0.241 e. The van der Waals surface area contributed by atoms with Gasteiger partial charge in [-0.3, -0.25) is 4.79 Å². The molecule has 4 heteroatoms. The Hall–Kier alpha value is -0.610. The van der Waals surface area contributed by atoms with Crippen LogP contribution in [0.5, 0.6) is 0 Å². The average molecular weight is 213 g/mol. The zero-order chi connectivity index (χ0) is 11.4. The molecule has 1 saturated heterocycles. The molecule has 3 atom stereocenters. The van der Waals surface area contributed by atoms with Crippen LogP contribution in [0.1, 0.15) is 27.2 Å². The smallest absolute Gasteiger partial charge is 0.241 e. The number of likely N-dealkylation sites (N-methyl/N-ethyl adjacent to an activating group) is 1. The van der Waals surface area contributed by atoms with Gasteiger partial charge in [0.05, 0.1) is 6.04 Å². The van der Waals surface area contributed by atoms with Gasteiger partial charge in [-0.15, -0.1) is 0 Å². The maximum atomic E-state index is 12.0. The number of hydrogen-bond donors (Lipinski definition) is 2. The summed E-state index contributed by atoms with van der Waals surface area (Å²) in [5.41, 5.74) is 0. The highest BCUT2D eigenvalue weighted by Crippen LogP contribution is 2.04. The molecule has 0 aromatic rings. The van der Waals surface area contributed by atoms with E-state index in [1.165, 1.54) is 0 Å². The highest BCUT2D eigenvalue weighted by molar-refractivity contribution is 5.82. The van der Waals surface area contributed by atoms with Crippen molar-refractivity contribution in [3.63, 3.8) is 0 Å². The first-order valence-electron chi connectivity index (χ1n) is 5.79. The van der Waals surface area contributed by atoms with Crippen LogP contribution in [-0.4, -0.2) is 49.1 Å². The summed E-state index contributed by atoms with van der Waals surface area (Å²) < 4.78 is 0. The number of hydrogen-bond acceptors (Lipinski definition) is 3. The van der Waals surface area contributed by atoms with E-state index >= 15 is 0 Å². The second-order valence-electron chi connectivity index (χ2n) is 4.48. The van der Waals surface area contributed by atoms with Gasteiger partial charge in [-0.1, -0.05) is 6.92 Å². The molecule has 0 aromatic heterocycles. The van der Waals surface area contributed by atoms with Gasteiger partial charge in [0.2, 0.25) is 5.91 Å². The van der Waals surface area contributed by atoms with Crippen LogP contribution in [0.4, 0.5) is 0 Å². The molecule has 0 bridgehead atoms. The Labute approximate surface area is 92.4 Å². The first-order valence-corrected chi connectivity index (χ1v) is 5.79. The lowest BCUT2D eigenvalue weighted by Gasteiger charge is -2.33. The molecule has 0 radical (unpaired) electrons. The molecule has 0 aliphatic carbocycles. The molecule has 1 rings (SSSR count). The van der Waals surface area contributed by atoms with Crippen molar-refractivity contribution in [1.29, 1.82) is 0 Å². The largest absolute Gasteiger partial charge is 0.342 e. The summed E-state index contributed by atoms with van der Waals surface area (Å²) in [6.45, 7) is 7.90. The molecule has 0 aromatic carbocycles. The van der Waals surface area contributed by atoms with Crippen LogP contribution in [0.15, 0.2) is 0 Å². The number of carbonyl (C=O) groups is 1. The van der Waals surface area contributed by atoms with Gasteiger partial charge in [-0.25, -0.2) is 0 Å². The van der Waals surface area contributed by atoms with E-state index in [0.29, 0.717) is 12.1 Å². The van der Waals surface area contributed by atoms with E-state index in [9.17, 15) is 4.79 Å². The number of amides is 1. The quantitative estimate of drug-likeness (QED) is 0.703. The van der Waals surface area contributed by atoms with Crippen molar-refractivity contribution < 1.29 is 4.79 Å². The van der Waals surface area contributed by atoms with Gasteiger partial charge in [-0.2, -0.15) is 0 Å². The highest BCUT2D eigenvalue weighted by Gasteiger charge is 2.27. The summed E-state index contributed by atoms with van der Waals surface area (Å²) in [6, 6.07) is 0.724. The molecule has 15 heavy (non-hydrogen) atoms. The summed E-state index contributed by atoms with van der Waals surface area (Å²) in [5.74, 6) is 0.198. The third-order valence-corrected chi connectivity index (χ3v) is 3.24. The van der Waals surface area contributed by atoms with Gasteiger partial charge < -0.3 is 15.5 Å². The molecule has 1 aliphatic rings. The average Bonchev–Trinajstić information content (AvgIpc) is 2.27. The topological polar surface area (TPSA) is 44.4 Å². The van der Waals surface area contributed by atoms with Crippen molar-refractivity contribution in [2.24, 2.45) is 0 Å². The minimum atomic E-state index is -0.0554. The monoisotopic (exact) mass is 213 g/mol. The standard InChI is InChI=1S/C11H23N3O/c1-5-9(3)14(4)11(15)10-7-12-8(2)6-13-10/h8-10,12-13H,5-7H2,1-4H3. The van der Waals surface area contributed by atoms with Crippen molar-refractivity contribution in [2.75, 3.05) is 20.1 Å². The Bertz CT molecular complexity index is 212. The van der Waals surface area contributed by atoms with E-state index in [2.05, 4.69) is 31.4 Å². The van der Waals surface area contributed by atoms with Gasteiger partial charge in [0.25, 0.3) is 0 Å². The van der Waals surface area contributed by atoms with E-state index in [0.717, 1.165) is 19.5 Å². The zero-order valence-corrected chi connectivity index (χ0v) is 10.2. The first-order chi connectivity index (χ1) is 7.06. The van der Waals surface area contributed by atoms with E-state index in [4.69, 9.17) is 0 Å². The Morgan fingerprint density at radius 3 is 2.60 bits per heavy atom. The predicted octanol–water partition coefficient (Wildman–Crippen LogP) is 0.193. The molecule has 1 amide bonds. The number of piperazine rings is 1. The fourth-order valence-corrected chi connectivity index (χ4v) is 1.69. The molecule has 2 N–H and O–H groups in total. The fraction of sp³-hybridized carbons (Fsp3) is 0.909. The normalized spacial score (nSPS) is 28.5. The van der Waals surface area contributed by atoms with E-state index in [1.54, 1.807) is 0 Å². The van der Waals surface area contributed by atoms with Gasteiger partial charge in [0.1, 0.15) is 0 Å². The second kappa shape index (κ2) is 5.47. The summed E-state index contributed by atoms with van der Waals surface area (Å²) >= 11 is 0. The number of nitrogens with one attached hydrogen (secondary N) is 2. The number of nitrogens with zero attached hydrogens (tertiary/aromatic N) is 1. The van der Waals surface area contributed by atoms with Crippen molar-refractivity contribution >= 4 is 5.91 Å². The maximum absolute atomic E-state index is 12.0. The van der Waals surface area contributed by atoms with Crippen molar-refractivity contribution in [1.82, 2.24) is 15.5 Å². The second-order valence-corrected chi connectivity index (χ2v) is 4.48. The van der Waals surface area contributed by atoms with Crippen LogP contribution in [0.3, 0.4) is 0 Å². The Balaban J connectivity index is 2.46. The van der Waals surface area contributed by atoms with Gasteiger partial charge in [0.15, 0.2) is 0 Å². The van der Waals surface area contributed by atoms with Crippen LogP contribution in [0.2, 0.25) is 0 Å². The minimum absolute atomic E-state index is 0.0554. The Morgan fingerprint density at radius 2 is 2.13 bits per heavy atom. The number of carbonyl (C=O) groups excluding carboxylic acids is 1. The Kier molecular flexibility index (Phi) is 4.54. The molecule has 4 nitrogen and oxygen atoms in total. The molecule has 1 heterocycles. The SMILES string of the molecule is CCC(C)N(C)C(=O)C1CNC(C)CN1. The van der Waals surface area contributed by atoms with Crippen LogP contribution in [-0.2, 0) is 4.79 Å². The van der Waals surface area contributed by atoms with E-state index in [-0.39, 0.29) is 11.9 Å². The third kappa shape index (κ3) is 3.18. The first kappa shape index (κ1) is 12.5. The fourth-order valence-electron chi connectivity index (χ4n) is 1.69.